The number of ether oxygens (including phenoxy) is 1. The fraction of sp³-hybridized carbons (Fsp3) is 0.556. The number of carbonyl (C=O) groups excluding carboxylic acids is 2. The molecule has 1 saturated carbocycles. The van der Waals surface area contributed by atoms with Gasteiger partial charge in [0.1, 0.15) is 0 Å². The monoisotopic (exact) mass is 466 g/mol. The van der Waals surface area contributed by atoms with Crippen LogP contribution in [0, 0.1) is 5.92 Å². The molecular weight excluding hydrogens is 428 g/mol. The van der Waals surface area contributed by atoms with Crippen LogP contribution in [-0.2, 0) is 27.4 Å². The molecule has 2 heterocycles. The Morgan fingerprint density at radius 1 is 1.06 bits per heavy atom. The Balaban J connectivity index is 1.41. The summed E-state index contributed by atoms with van der Waals surface area (Å²) in [6.45, 7) is 9.90. The Labute approximate surface area is 203 Å². The van der Waals surface area contributed by atoms with Crippen molar-refractivity contribution in [2.45, 2.75) is 45.8 Å². The molecule has 1 aliphatic carbocycles. The van der Waals surface area contributed by atoms with Crippen LogP contribution in [0.4, 0.5) is 0 Å². The van der Waals surface area contributed by atoms with Crippen LogP contribution in [0.1, 0.15) is 37.9 Å². The van der Waals surface area contributed by atoms with Crippen molar-refractivity contribution in [3.05, 3.63) is 59.9 Å². The quantitative estimate of drug-likeness (QED) is 0.511. The van der Waals surface area contributed by atoms with E-state index in [0.717, 1.165) is 57.9 Å². The second-order valence-electron chi connectivity index (χ2n) is 9.73. The zero-order valence-electron chi connectivity index (χ0n) is 20.6. The molecule has 0 spiro atoms. The van der Waals surface area contributed by atoms with E-state index in [1.54, 1.807) is 4.90 Å². The predicted molar refractivity (Wildman–Crippen MR) is 132 cm³/mol. The Hall–Kier alpha value is -2.64. The van der Waals surface area contributed by atoms with Crippen LogP contribution in [0.15, 0.2) is 48.7 Å². The molecule has 7 nitrogen and oxygen atoms in total. The van der Waals surface area contributed by atoms with Gasteiger partial charge in [-0.15, -0.1) is 0 Å². The first-order valence-electron chi connectivity index (χ1n) is 12.6. The summed E-state index contributed by atoms with van der Waals surface area (Å²) in [6.07, 6.45) is 4.16. The highest BCUT2D eigenvalue weighted by Crippen LogP contribution is 2.29. The molecule has 0 radical (unpaired) electrons. The molecule has 2 amide bonds. The molecule has 2 fully saturated rings. The summed E-state index contributed by atoms with van der Waals surface area (Å²) in [5.41, 5.74) is 2.36. The number of hydrogen-bond acceptors (Lipinski definition) is 4. The molecule has 1 saturated heterocycles. The predicted octanol–water partition coefficient (Wildman–Crippen LogP) is 2.84. The van der Waals surface area contributed by atoms with Crippen molar-refractivity contribution < 1.29 is 14.3 Å². The lowest BCUT2D eigenvalue weighted by molar-refractivity contribution is -0.143. The lowest BCUT2D eigenvalue weighted by atomic mass is 10.2. The zero-order chi connectivity index (χ0) is 23.9. The van der Waals surface area contributed by atoms with Gasteiger partial charge in [-0.05, 0) is 30.5 Å². The van der Waals surface area contributed by atoms with Gasteiger partial charge in [0, 0.05) is 56.6 Å². The van der Waals surface area contributed by atoms with Crippen LogP contribution >= 0.6 is 0 Å². The topological polar surface area (TPSA) is 58.0 Å². The molecule has 0 unspecified atom stereocenters. The van der Waals surface area contributed by atoms with E-state index in [0.29, 0.717) is 13.1 Å². The van der Waals surface area contributed by atoms with E-state index in [-0.39, 0.29) is 30.3 Å². The average Bonchev–Trinajstić information content (AvgIpc) is 3.60. The van der Waals surface area contributed by atoms with E-state index < -0.39 is 0 Å². The van der Waals surface area contributed by atoms with Crippen molar-refractivity contribution in [3.63, 3.8) is 0 Å². The number of hydrogen-bond donors (Lipinski definition) is 0. The van der Waals surface area contributed by atoms with Crippen LogP contribution in [0.5, 0.6) is 0 Å². The van der Waals surface area contributed by atoms with Gasteiger partial charge in [0.15, 0.2) is 0 Å². The third-order valence-electron chi connectivity index (χ3n) is 6.68. The van der Waals surface area contributed by atoms with E-state index in [2.05, 4.69) is 46.0 Å². The molecular formula is C27H38N4O3. The highest BCUT2D eigenvalue weighted by atomic mass is 16.5. The first kappa shape index (κ1) is 24.5. The van der Waals surface area contributed by atoms with Gasteiger partial charge in [0.05, 0.1) is 26.3 Å². The summed E-state index contributed by atoms with van der Waals surface area (Å²) in [7, 11) is 0. The second kappa shape index (κ2) is 11.7. The molecule has 4 rings (SSSR count). The molecule has 0 bridgehead atoms. The van der Waals surface area contributed by atoms with E-state index in [4.69, 9.17) is 4.74 Å². The number of morpholine rings is 1. The van der Waals surface area contributed by atoms with Crippen molar-refractivity contribution >= 4 is 11.8 Å². The molecule has 1 aromatic heterocycles. The molecule has 1 aliphatic heterocycles. The SMILES string of the molecule is CC(C)C(=O)N(CCN1CCOCC1)CC(=O)N(Cc1cccn1Cc1ccccc1)C1CC1. The summed E-state index contributed by atoms with van der Waals surface area (Å²) >= 11 is 0. The van der Waals surface area contributed by atoms with E-state index in [1.165, 1.54) is 5.56 Å². The van der Waals surface area contributed by atoms with Gasteiger partial charge >= 0.3 is 0 Å². The van der Waals surface area contributed by atoms with Gasteiger partial charge in [0.25, 0.3) is 0 Å². The number of amides is 2. The fourth-order valence-electron chi connectivity index (χ4n) is 4.48. The van der Waals surface area contributed by atoms with E-state index >= 15 is 0 Å². The molecule has 2 aliphatic rings. The first-order chi connectivity index (χ1) is 16.5. The van der Waals surface area contributed by atoms with Gasteiger partial charge in [-0.25, -0.2) is 0 Å². The van der Waals surface area contributed by atoms with Crippen LogP contribution in [0.3, 0.4) is 0 Å². The lowest BCUT2D eigenvalue weighted by Crippen LogP contribution is -2.48. The number of carbonyl (C=O) groups is 2. The molecule has 34 heavy (non-hydrogen) atoms. The Morgan fingerprint density at radius 2 is 1.79 bits per heavy atom. The highest BCUT2D eigenvalue weighted by Gasteiger charge is 2.34. The van der Waals surface area contributed by atoms with Crippen molar-refractivity contribution in [1.82, 2.24) is 19.3 Å². The fourth-order valence-corrected chi connectivity index (χ4v) is 4.48. The maximum absolute atomic E-state index is 13.5. The minimum Gasteiger partial charge on any atom is -0.379 e. The molecule has 1 aromatic carbocycles. The smallest absolute Gasteiger partial charge is 0.242 e. The standard InChI is InChI=1S/C27H38N4O3/c1-22(2)27(33)30(14-13-28-15-17-34-18-16-28)21-26(32)31(24-10-11-24)20-25-9-6-12-29(25)19-23-7-4-3-5-8-23/h3-9,12,22,24H,10-11,13-21H2,1-2H3. The van der Waals surface area contributed by atoms with Crippen LogP contribution in [0.25, 0.3) is 0 Å². The van der Waals surface area contributed by atoms with Gasteiger partial charge in [-0.1, -0.05) is 44.2 Å². The maximum Gasteiger partial charge on any atom is 0.242 e. The van der Waals surface area contributed by atoms with E-state index in [1.807, 2.05) is 30.9 Å². The van der Waals surface area contributed by atoms with Gasteiger partial charge < -0.3 is 19.1 Å². The largest absolute Gasteiger partial charge is 0.379 e. The van der Waals surface area contributed by atoms with Crippen LogP contribution < -0.4 is 0 Å². The third kappa shape index (κ3) is 6.70. The van der Waals surface area contributed by atoms with Crippen LogP contribution in [-0.4, -0.2) is 83.1 Å². The zero-order valence-corrected chi connectivity index (χ0v) is 20.6. The number of aromatic nitrogens is 1. The molecule has 0 atom stereocenters. The van der Waals surface area contributed by atoms with E-state index in [9.17, 15) is 9.59 Å². The molecule has 0 N–H and O–H groups in total. The number of rotatable bonds is 11. The first-order valence-corrected chi connectivity index (χ1v) is 12.6. The van der Waals surface area contributed by atoms with Crippen molar-refractivity contribution in [3.8, 4) is 0 Å². The maximum atomic E-state index is 13.5. The van der Waals surface area contributed by atoms with Gasteiger partial charge in [-0.3, -0.25) is 14.5 Å². The normalized spacial score (nSPS) is 16.6. The van der Waals surface area contributed by atoms with Gasteiger partial charge in [0.2, 0.25) is 11.8 Å². The van der Waals surface area contributed by atoms with Gasteiger partial charge in [-0.2, -0.15) is 0 Å². The summed E-state index contributed by atoms with van der Waals surface area (Å²) in [4.78, 5) is 32.5. The Kier molecular flexibility index (Phi) is 8.40. The van der Waals surface area contributed by atoms with Crippen molar-refractivity contribution in [1.29, 1.82) is 0 Å². The van der Waals surface area contributed by atoms with Crippen molar-refractivity contribution in [2.24, 2.45) is 5.92 Å². The summed E-state index contributed by atoms with van der Waals surface area (Å²) in [5, 5.41) is 0. The lowest BCUT2D eigenvalue weighted by Gasteiger charge is -2.32. The van der Waals surface area contributed by atoms with Crippen molar-refractivity contribution in [2.75, 3.05) is 45.9 Å². The third-order valence-corrected chi connectivity index (χ3v) is 6.68. The minimum absolute atomic E-state index is 0.0461. The Bertz CT molecular complexity index is 932. The van der Waals surface area contributed by atoms with Crippen LogP contribution in [0.2, 0.25) is 0 Å². The minimum atomic E-state index is -0.130. The molecule has 7 heteroatoms. The number of benzene rings is 1. The average molecular weight is 467 g/mol. The molecule has 184 valence electrons. The summed E-state index contributed by atoms with van der Waals surface area (Å²) in [6, 6.07) is 14.8. The summed E-state index contributed by atoms with van der Waals surface area (Å²) < 4.78 is 7.65. The summed E-state index contributed by atoms with van der Waals surface area (Å²) in [5.74, 6) is -0.0364. The molecule has 2 aromatic rings. The Morgan fingerprint density at radius 3 is 2.47 bits per heavy atom. The second-order valence-corrected chi connectivity index (χ2v) is 9.73. The highest BCUT2D eigenvalue weighted by molar-refractivity contribution is 5.86. The number of nitrogens with zero attached hydrogens (tertiary/aromatic N) is 4.